The fraction of sp³-hybridized carbons (Fsp3) is 0.500. The third kappa shape index (κ3) is 2.86. The topological polar surface area (TPSA) is 68.0 Å². The summed E-state index contributed by atoms with van der Waals surface area (Å²) in [5.74, 6) is 0.858. The SMILES string of the molecule is Cc1cc(C(=O)N2CCNCC2c2nccn2C)nn1C.Cl. The van der Waals surface area contributed by atoms with Gasteiger partial charge < -0.3 is 14.8 Å². The fourth-order valence-corrected chi connectivity index (χ4v) is 2.69. The second kappa shape index (κ2) is 6.50. The van der Waals surface area contributed by atoms with Crippen LogP contribution in [-0.4, -0.2) is 49.8 Å². The lowest BCUT2D eigenvalue weighted by Crippen LogP contribution is -2.49. The number of halogens is 1. The van der Waals surface area contributed by atoms with Crippen LogP contribution in [0, 0.1) is 6.92 Å². The second-order valence-corrected chi connectivity index (χ2v) is 5.41. The summed E-state index contributed by atoms with van der Waals surface area (Å²) in [5, 5.41) is 7.63. The molecule has 0 saturated carbocycles. The molecule has 0 radical (unpaired) electrons. The van der Waals surface area contributed by atoms with Gasteiger partial charge in [0.15, 0.2) is 5.69 Å². The van der Waals surface area contributed by atoms with Gasteiger partial charge in [0.1, 0.15) is 11.9 Å². The first-order valence-electron chi connectivity index (χ1n) is 7.07. The molecule has 3 rings (SSSR count). The summed E-state index contributed by atoms with van der Waals surface area (Å²) in [7, 11) is 3.80. The molecule has 0 aromatic carbocycles. The van der Waals surface area contributed by atoms with Crippen molar-refractivity contribution in [3.63, 3.8) is 0 Å². The van der Waals surface area contributed by atoms with Crippen molar-refractivity contribution in [1.29, 1.82) is 0 Å². The molecule has 8 heteroatoms. The van der Waals surface area contributed by atoms with Gasteiger partial charge in [-0.25, -0.2) is 4.98 Å². The minimum absolute atomic E-state index is 0. The number of carbonyl (C=O) groups is 1. The average molecular weight is 325 g/mol. The lowest BCUT2D eigenvalue weighted by atomic mass is 10.1. The molecule has 1 unspecified atom stereocenters. The molecule has 3 heterocycles. The molecule has 7 nitrogen and oxygen atoms in total. The van der Waals surface area contributed by atoms with Crippen molar-refractivity contribution < 1.29 is 4.79 Å². The lowest BCUT2D eigenvalue weighted by molar-refractivity contribution is 0.0614. The maximum Gasteiger partial charge on any atom is 0.275 e. The number of carbonyl (C=O) groups excluding carboxylic acids is 1. The predicted molar refractivity (Wildman–Crippen MR) is 85.0 cm³/mol. The summed E-state index contributed by atoms with van der Waals surface area (Å²) >= 11 is 0. The first-order valence-corrected chi connectivity index (χ1v) is 7.07. The van der Waals surface area contributed by atoms with Crippen molar-refractivity contribution in [2.45, 2.75) is 13.0 Å². The van der Waals surface area contributed by atoms with E-state index in [4.69, 9.17) is 0 Å². The van der Waals surface area contributed by atoms with Gasteiger partial charge in [-0.3, -0.25) is 9.48 Å². The van der Waals surface area contributed by atoms with Crippen LogP contribution in [-0.2, 0) is 14.1 Å². The second-order valence-electron chi connectivity index (χ2n) is 5.41. The van der Waals surface area contributed by atoms with Crippen molar-refractivity contribution in [2.75, 3.05) is 19.6 Å². The quantitative estimate of drug-likeness (QED) is 0.881. The highest BCUT2D eigenvalue weighted by Gasteiger charge is 2.32. The van der Waals surface area contributed by atoms with Crippen LogP contribution in [0.2, 0.25) is 0 Å². The number of hydrogen-bond donors (Lipinski definition) is 1. The number of rotatable bonds is 2. The van der Waals surface area contributed by atoms with Gasteiger partial charge in [-0.05, 0) is 13.0 Å². The largest absolute Gasteiger partial charge is 0.336 e. The van der Waals surface area contributed by atoms with E-state index in [1.165, 1.54) is 0 Å². The Hall–Kier alpha value is -1.86. The molecule has 1 fully saturated rings. The van der Waals surface area contributed by atoms with Gasteiger partial charge >= 0.3 is 0 Å². The predicted octanol–water partition coefficient (Wildman–Crippen LogP) is 0.671. The number of nitrogens with zero attached hydrogens (tertiary/aromatic N) is 5. The molecule has 0 spiro atoms. The summed E-state index contributed by atoms with van der Waals surface area (Å²) in [6.07, 6.45) is 3.66. The van der Waals surface area contributed by atoms with E-state index in [0.717, 1.165) is 18.1 Å². The molecule has 1 N–H and O–H groups in total. The number of hydrogen-bond acceptors (Lipinski definition) is 4. The minimum atomic E-state index is -0.0615. The van der Waals surface area contributed by atoms with Gasteiger partial charge in [-0.1, -0.05) is 0 Å². The Bertz CT molecular complexity index is 645. The van der Waals surface area contributed by atoms with Gasteiger partial charge in [-0.2, -0.15) is 5.10 Å². The summed E-state index contributed by atoms with van der Waals surface area (Å²) in [6.45, 7) is 4.10. The van der Waals surface area contributed by atoms with Gasteiger partial charge in [0.05, 0.1) is 0 Å². The van der Waals surface area contributed by atoms with Crippen LogP contribution in [0.1, 0.15) is 28.0 Å². The van der Waals surface area contributed by atoms with E-state index in [2.05, 4.69) is 15.4 Å². The lowest BCUT2D eigenvalue weighted by Gasteiger charge is -2.35. The van der Waals surface area contributed by atoms with E-state index in [9.17, 15) is 4.79 Å². The van der Waals surface area contributed by atoms with Crippen LogP contribution in [0.3, 0.4) is 0 Å². The van der Waals surface area contributed by atoms with Crippen molar-refractivity contribution in [3.05, 3.63) is 35.7 Å². The van der Waals surface area contributed by atoms with E-state index in [1.54, 1.807) is 10.9 Å². The van der Waals surface area contributed by atoms with E-state index in [-0.39, 0.29) is 24.4 Å². The molecule has 22 heavy (non-hydrogen) atoms. The Kier molecular flexibility index (Phi) is 4.87. The Morgan fingerprint density at radius 2 is 2.18 bits per heavy atom. The molecular weight excluding hydrogens is 304 g/mol. The van der Waals surface area contributed by atoms with Gasteiger partial charge in [0.25, 0.3) is 5.91 Å². The number of aromatic nitrogens is 4. The van der Waals surface area contributed by atoms with Crippen molar-refractivity contribution in [3.8, 4) is 0 Å². The molecule has 1 saturated heterocycles. The zero-order valence-electron chi connectivity index (χ0n) is 13.0. The third-order valence-corrected chi connectivity index (χ3v) is 3.99. The van der Waals surface area contributed by atoms with Gasteiger partial charge in [-0.15, -0.1) is 12.4 Å². The molecule has 2 aromatic rings. The van der Waals surface area contributed by atoms with Crippen LogP contribution in [0.15, 0.2) is 18.5 Å². The number of aryl methyl sites for hydroxylation is 3. The molecule has 120 valence electrons. The van der Waals surface area contributed by atoms with Crippen LogP contribution in [0.5, 0.6) is 0 Å². The van der Waals surface area contributed by atoms with E-state index in [1.807, 2.05) is 42.7 Å². The zero-order valence-corrected chi connectivity index (χ0v) is 13.8. The normalized spacial score (nSPS) is 18.1. The molecule has 1 amide bonds. The van der Waals surface area contributed by atoms with Crippen LogP contribution < -0.4 is 5.32 Å². The Labute approximate surface area is 135 Å². The number of piperazine rings is 1. The highest BCUT2D eigenvalue weighted by atomic mass is 35.5. The summed E-state index contributed by atoms with van der Waals surface area (Å²) in [6, 6.07) is 1.77. The maximum atomic E-state index is 12.8. The third-order valence-electron chi connectivity index (χ3n) is 3.99. The molecule has 1 atom stereocenters. The molecule has 1 aliphatic heterocycles. The molecule has 0 aliphatic carbocycles. The molecular formula is C14H21ClN6O. The standard InChI is InChI=1S/C14H20N6O.ClH/c1-10-8-11(17-19(10)3)14(21)20-7-4-15-9-12(20)13-16-5-6-18(13)2;/h5-6,8,12,15H,4,7,9H2,1-3H3;1H. The number of nitrogens with one attached hydrogen (secondary N) is 1. The first kappa shape index (κ1) is 16.5. The smallest absolute Gasteiger partial charge is 0.275 e. The number of amides is 1. The van der Waals surface area contributed by atoms with Gasteiger partial charge in [0.2, 0.25) is 0 Å². The maximum absolute atomic E-state index is 12.8. The van der Waals surface area contributed by atoms with E-state index < -0.39 is 0 Å². The van der Waals surface area contributed by atoms with Crippen LogP contribution >= 0.6 is 12.4 Å². The number of imidazole rings is 1. The monoisotopic (exact) mass is 324 g/mol. The molecule has 1 aliphatic rings. The van der Waals surface area contributed by atoms with Gasteiger partial charge in [0, 0.05) is 51.8 Å². The Morgan fingerprint density at radius 3 is 2.77 bits per heavy atom. The van der Waals surface area contributed by atoms with Crippen LogP contribution in [0.25, 0.3) is 0 Å². The molecule has 2 aromatic heterocycles. The van der Waals surface area contributed by atoms with Crippen LogP contribution in [0.4, 0.5) is 0 Å². The van der Waals surface area contributed by atoms with Crippen molar-refractivity contribution in [1.82, 2.24) is 29.5 Å². The molecule has 0 bridgehead atoms. The van der Waals surface area contributed by atoms with Crippen molar-refractivity contribution >= 4 is 18.3 Å². The van der Waals surface area contributed by atoms with E-state index >= 15 is 0 Å². The zero-order chi connectivity index (χ0) is 15.0. The Morgan fingerprint density at radius 1 is 1.41 bits per heavy atom. The van der Waals surface area contributed by atoms with E-state index in [0.29, 0.717) is 18.8 Å². The highest BCUT2D eigenvalue weighted by Crippen LogP contribution is 2.22. The summed E-state index contributed by atoms with van der Waals surface area (Å²) in [5.41, 5.74) is 1.47. The average Bonchev–Trinajstić information content (AvgIpc) is 3.05. The first-order chi connectivity index (χ1) is 10.1. The fourth-order valence-electron chi connectivity index (χ4n) is 2.69. The summed E-state index contributed by atoms with van der Waals surface area (Å²) < 4.78 is 3.69. The Balaban J connectivity index is 0.00000176. The highest BCUT2D eigenvalue weighted by molar-refractivity contribution is 5.92. The minimum Gasteiger partial charge on any atom is -0.336 e. The summed E-state index contributed by atoms with van der Waals surface area (Å²) in [4.78, 5) is 19.0. The van der Waals surface area contributed by atoms with Crippen molar-refractivity contribution in [2.24, 2.45) is 14.1 Å².